The number of imidazole rings is 1. The van der Waals surface area contributed by atoms with Gasteiger partial charge in [-0.1, -0.05) is 6.92 Å². The molecule has 0 saturated carbocycles. The van der Waals surface area contributed by atoms with Crippen LogP contribution in [0.5, 0.6) is 0 Å². The zero-order chi connectivity index (χ0) is 14.4. The molecular weight excluding hydrogens is 254 g/mol. The Bertz CT molecular complexity index is 578. The highest BCUT2D eigenvalue weighted by molar-refractivity contribution is 5.92. The van der Waals surface area contributed by atoms with Crippen LogP contribution >= 0.6 is 0 Å². The molecule has 0 bridgehead atoms. The summed E-state index contributed by atoms with van der Waals surface area (Å²) in [6.07, 6.45) is 5.67. The highest BCUT2D eigenvalue weighted by Gasteiger charge is 2.10. The smallest absolute Gasteiger partial charge is 0.225 e. The Balaban J connectivity index is 2.13. The van der Waals surface area contributed by atoms with Crippen molar-refractivity contribution in [1.82, 2.24) is 19.9 Å². The number of carbonyl (C=O) groups excluding carboxylic acids is 1. The van der Waals surface area contributed by atoms with Crippen molar-refractivity contribution in [3.05, 3.63) is 36.5 Å². The summed E-state index contributed by atoms with van der Waals surface area (Å²) >= 11 is 0. The van der Waals surface area contributed by atoms with Gasteiger partial charge in [-0.25, -0.2) is 9.97 Å². The molecule has 2 heterocycles. The zero-order valence-corrected chi connectivity index (χ0v) is 11.8. The lowest BCUT2D eigenvalue weighted by molar-refractivity contribution is -0.116. The lowest BCUT2D eigenvalue weighted by Crippen LogP contribution is -2.22. The van der Waals surface area contributed by atoms with Gasteiger partial charge >= 0.3 is 0 Å². The minimum atomic E-state index is -0.0297. The van der Waals surface area contributed by atoms with E-state index in [0.29, 0.717) is 24.5 Å². The molecule has 6 nitrogen and oxygen atoms in total. The number of nitrogens with one attached hydrogen (secondary N) is 2. The predicted molar refractivity (Wildman–Crippen MR) is 77.9 cm³/mol. The summed E-state index contributed by atoms with van der Waals surface area (Å²) in [5.41, 5.74) is 0.690. The molecule has 0 aliphatic rings. The normalized spacial score (nSPS) is 10.5. The molecule has 0 spiro atoms. The Morgan fingerprint density at radius 3 is 2.90 bits per heavy atom. The molecule has 2 aromatic rings. The molecule has 2 N–H and O–H groups in total. The first-order valence-corrected chi connectivity index (χ1v) is 6.68. The van der Waals surface area contributed by atoms with Crippen molar-refractivity contribution in [1.29, 1.82) is 0 Å². The van der Waals surface area contributed by atoms with Gasteiger partial charge in [-0.2, -0.15) is 0 Å². The van der Waals surface area contributed by atoms with E-state index in [1.54, 1.807) is 18.5 Å². The maximum Gasteiger partial charge on any atom is 0.225 e. The van der Waals surface area contributed by atoms with Crippen molar-refractivity contribution in [2.45, 2.75) is 20.3 Å². The molecule has 0 unspecified atom stereocenters. The minimum Gasteiger partial charge on any atom is -0.323 e. The maximum atomic E-state index is 11.9. The predicted octanol–water partition coefficient (Wildman–Crippen LogP) is 1.51. The van der Waals surface area contributed by atoms with Gasteiger partial charge in [0.15, 0.2) is 5.82 Å². The van der Waals surface area contributed by atoms with Gasteiger partial charge in [0.05, 0.1) is 5.69 Å². The molecule has 0 aromatic carbocycles. The number of aryl methyl sites for hydroxylation is 1. The van der Waals surface area contributed by atoms with Crippen molar-refractivity contribution in [3.63, 3.8) is 0 Å². The summed E-state index contributed by atoms with van der Waals surface area (Å²) in [5.74, 6) is 1.48. The van der Waals surface area contributed by atoms with Gasteiger partial charge in [0.25, 0.3) is 0 Å². The van der Waals surface area contributed by atoms with E-state index in [2.05, 4.69) is 20.6 Å². The fraction of sp³-hybridized carbons (Fsp3) is 0.357. The van der Waals surface area contributed by atoms with Crippen LogP contribution in [0.4, 0.5) is 5.69 Å². The number of aromatic nitrogens is 3. The van der Waals surface area contributed by atoms with Crippen LogP contribution in [0.25, 0.3) is 5.82 Å². The Kier molecular flexibility index (Phi) is 4.84. The standard InChI is InChI=1S/C14H19N5O/c1-3-15-8-6-13(20)18-12-5-4-7-17-14(12)19-10-9-16-11(19)2/h4-5,7,9-10,15H,3,6,8H2,1-2H3,(H,18,20). The Hall–Kier alpha value is -2.21. The summed E-state index contributed by atoms with van der Waals surface area (Å²) in [6, 6.07) is 3.64. The van der Waals surface area contributed by atoms with E-state index in [0.717, 1.165) is 12.4 Å². The second-order valence-electron chi connectivity index (χ2n) is 4.37. The van der Waals surface area contributed by atoms with Crippen molar-refractivity contribution >= 4 is 11.6 Å². The van der Waals surface area contributed by atoms with Crippen LogP contribution in [0.1, 0.15) is 19.2 Å². The molecule has 0 saturated heterocycles. The van der Waals surface area contributed by atoms with Crippen LogP contribution in [0.2, 0.25) is 0 Å². The fourth-order valence-corrected chi connectivity index (χ4v) is 1.88. The molecule has 0 aliphatic heterocycles. The summed E-state index contributed by atoms with van der Waals surface area (Å²) in [5, 5.41) is 6.02. The van der Waals surface area contributed by atoms with Gasteiger partial charge in [0.1, 0.15) is 5.82 Å². The Morgan fingerprint density at radius 1 is 1.35 bits per heavy atom. The van der Waals surface area contributed by atoms with E-state index in [-0.39, 0.29) is 5.91 Å². The molecule has 106 valence electrons. The molecule has 2 aromatic heterocycles. The van der Waals surface area contributed by atoms with E-state index in [9.17, 15) is 4.79 Å². The molecule has 0 radical (unpaired) electrons. The van der Waals surface area contributed by atoms with Crippen molar-refractivity contribution < 1.29 is 4.79 Å². The van der Waals surface area contributed by atoms with Crippen molar-refractivity contribution in [3.8, 4) is 5.82 Å². The van der Waals surface area contributed by atoms with Gasteiger partial charge in [-0.15, -0.1) is 0 Å². The fourth-order valence-electron chi connectivity index (χ4n) is 1.88. The van der Waals surface area contributed by atoms with Crippen LogP contribution in [-0.4, -0.2) is 33.5 Å². The number of rotatable bonds is 6. The molecule has 0 fully saturated rings. The monoisotopic (exact) mass is 273 g/mol. The second kappa shape index (κ2) is 6.81. The molecule has 20 heavy (non-hydrogen) atoms. The molecule has 2 rings (SSSR count). The van der Waals surface area contributed by atoms with Crippen molar-refractivity contribution in [2.24, 2.45) is 0 Å². The number of hydrogen-bond donors (Lipinski definition) is 2. The number of hydrogen-bond acceptors (Lipinski definition) is 4. The highest BCUT2D eigenvalue weighted by atomic mass is 16.1. The first kappa shape index (κ1) is 14.2. The first-order valence-electron chi connectivity index (χ1n) is 6.68. The third-order valence-electron chi connectivity index (χ3n) is 2.89. The van der Waals surface area contributed by atoms with Crippen LogP contribution < -0.4 is 10.6 Å². The summed E-state index contributed by atoms with van der Waals surface area (Å²) in [6.45, 7) is 5.44. The summed E-state index contributed by atoms with van der Waals surface area (Å²) in [7, 11) is 0. The number of pyridine rings is 1. The lowest BCUT2D eigenvalue weighted by atomic mass is 10.3. The molecular formula is C14H19N5O. The summed E-state index contributed by atoms with van der Waals surface area (Å²) < 4.78 is 1.85. The van der Waals surface area contributed by atoms with Gasteiger partial charge in [0.2, 0.25) is 5.91 Å². The van der Waals surface area contributed by atoms with E-state index in [1.807, 2.05) is 30.7 Å². The molecule has 1 amide bonds. The number of nitrogens with zero attached hydrogens (tertiary/aromatic N) is 3. The van der Waals surface area contributed by atoms with Crippen LogP contribution in [0.3, 0.4) is 0 Å². The van der Waals surface area contributed by atoms with Gasteiger partial charge < -0.3 is 10.6 Å². The average molecular weight is 273 g/mol. The average Bonchev–Trinajstić information content (AvgIpc) is 2.86. The third-order valence-corrected chi connectivity index (χ3v) is 2.89. The molecule has 6 heteroatoms. The quantitative estimate of drug-likeness (QED) is 0.783. The zero-order valence-electron chi connectivity index (χ0n) is 11.8. The third kappa shape index (κ3) is 3.42. The highest BCUT2D eigenvalue weighted by Crippen LogP contribution is 2.18. The molecule has 0 atom stereocenters. The van der Waals surface area contributed by atoms with Gasteiger partial charge in [0, 0.05) is 31.6 Å². The van der Waals surface area contributed by atoms with Gasteiger partial charge in [-0.05, 0) is 25.6 Å². The number of carbonyl (C=O) groups is 1. The van der Waals surface area contributed by atoms with E-state index in [4.69, 9.17) is 0 Å². The van der Waals surface area contributed by atoms with E-state index < -0.39 is 0 Å². The topological polar surface area (TPSA) is 71.8 Å². The van der Waals surface area contributed by atoms with Crippen LogP contribution in [0, 0.1) is 6.92 Å². The van der Waals surface area contributed by atoms with Crippen LogP contribution in [0.15, 0.2) is 30.7 Å². The molecule has 0 aliphatic carbocycles. The van der Waals surface area contributed by atoms with E-state index in [1.165, 1.54) is 0 Å². The SMILES string of the molecule is CCNCCC(=O)Nc1cccnc1-n1ccnc1C. The Morgan fingerprint density at radius 2 is 2.20 bits per heavy atom. The number of anilines is 1. The van der Waals surface area contributed by atoms with Crippen molar-refractivity contribution in [2.75, 3.05) is 18.4 Å². The minimum absolute atomic E-state index is 0.0297. The first-order chi connectivity index (χ1) is 9.72. The lowest BCUT2D eigenvalue weighted by Gasteiger charge is -2.11. The maximum absolute atomic E-state index is 11.9. The van der Waals surface area contributed by atoms with E-state index >= 15 is 0 Å². The summed E-state index contributed by atoms with van der Waals surface area (Å²) in [4.78, 5) is 20.4. The number of amides is 1. The largest absolute Gasteiger partial charge is 0.323 e. The van der Waals surface area contributed by atoms with Gasteiger partial charge in [-0.3, -0.25) is 9.36 Å². The Labute approximate surface area is 118 Å². The van der Waals surface area contributed by atoms with Crippen LogP contribution in [-0.2, 0) is 4.79 Å². The second-order valence-corrected chi connectivity index (χ2v) is 4.37.